The van der Waals surface area contributed by atoms with Crippen molar-refractivity contribution < 1.29 is 34.3 Å². The highest BCUT2D eigenvalue weighted by Gasteiger charge is 2.51. The van der Waals surface area contributed by atoms with Gasteiger partial charge in [0.05, 0.1) is 25.2 Å². The topological polar surface area (TPSA) is 200 Å². The average molecular weight is 476 g/mol. The van der Waals surface area contributed by atoms with Gasteiger partial charge in [0.2, 0.25) is 6.29 Å². The molecule has 33 heavy (non-hydrogen) atoms. The van der Waals surface area contributed by atoms with Crippen LogP contribution in [0.3, 0.4) is 0 Å². The second-order valence-electron chi connectivity index (χ2n) is 9.31. The van der Waals surface area contributed by atoms with Crippen molar-refractivity contribution in [3.05, 3.63) is 11.8 Å². The summed E-state index contributed by atoms with van der Waals surface area (Å²) in [6.07, 6.45) is -3.05. The lowest BCUT2D eigenvalue weighted by Gasteiger charge is -2.49. The minimum Gasteiger partial charge on any atom is -0.467 e. The van der Waals surface area contributed by atoms with E-state index in [9.17, 15) is 15.3 Å². The molecule has 0 unspecified atom stereocenters. The molecule has 3 rings (SSSR count). The number of hydrogen-bond acceptors (Lipinski definition) is 12. The van der Waals surface area contributed by atoms with Crippen molar-refractivity contribution in [2.24, 2.45) is 17.2 Å². The molecular weight excluding hydrogens is 434 g/mol. The van der Waals surface area contributed by atoms with Crippen LogP contribution in [0.1, 0.15) is 26.7 Å². The zero-order valence-corrected chi connectivity index (χ0v) is 19.6. The van der Waals surface area contributed by atoms with Gasteiger partial charge in [0.1, 0.15) is 35.8 Å². The summed E-state index contributed by atoms with van der Waals surface area (Å²) in [6.45, 7) is 4.30. The van der Waals surface area contributed by atoms with Gasteiger partial charge in [0, 0.05) is 12.1 Å². The molecule has 0 aromatic carbocycles. The molecule has 2 heterocycles. The van der Waals surface area contributed by atoms with Crippen LogP contribution >= 0.6 is 0 Å². The first-order valence-electron chi connectivity index (χ1n) is 11.6. The van der Waals surface area contributed by atoms with Crippen molar-refractivity contribution in [3.63, 3.8) is 0 Å². The van der Waals surface area contributed by atoms with Crippen LogP contribution < -0.4 is 27.8 Å². The van der Waals surface area contributed by atoms with Crippen molar-refractivity contribution in [3.8, 4) is 0 Å². The maximum Gasteiger partial charge on any atom is 0.215 e. The molecule has 2 fully saturated rings. The van der Waals surface area contributed by atoms with E-state index in [4.69, 9.17) is 36.1 Å². The van der Waals surface area contributed by atoms with Crippen LogP contribution in [0, 0.1) is 0 Å². The Kier molecular flexibility index (Phi) is 9.08. The molecule has 0 aromatic heterocycles. The van der Waals surface area contributed by atoms with Crippen LogP contribution in [0.15, 0.2) is 11.8 Å². The monoisotopic (exact) mass is 475 g/mol. The highest BCUT2D eigenvalue weighted by atomic mass is 16.7. The Labute approximate surface area is 194 Å². The molecule has 11 atom stereocenters. The zero-order valence-electron chi connectivity index (χ0n) is 19.6. The van der Waals surface area contributed by atoms with Crippen molar-refractivity contribution in [1.82, 2.24) is 10.6 Å². The summed E-state index contributed by atoms with van der Waals surface area (Å²) in [6, 6.07) is -1.95. The van der Waals surface area contributed by atoms with Gasteiger partial charge in [-0.25, -0.2) is 0 Å². The maximum absolute atomic E-state index is 11.3. The molecule has 0 bridgehead atoms. The first-order valence-corrected chi connectivity index (χ1v) is 11.6. The van der Waals surface area contributed by atoms with Crippen LogP contribution in [0.25, 0.3) is 0 Å². The molecule has 0 amide bonds. The molecule has 11 N–H and O–H groups in total. The first-order chi connectivity index (χ1) is 15.6. The predicted octanol–water partition coefficient (Wildman–Crippen LogP) is -3.20. The van der Waals surface area contributed by atoms with Crippen molar-refractivity contribution >= 4 is 0 Å². The molecule has 0 radical (unpaired) electrons. The fourth-order valence-corrected chi connectivity index (χ4v) is 4.86. The molecule has 0 spiro atoms. The lowest BCUT2D eigenvalue weighted by molar-refractivity contribution is -0.304. The van der Waals surface area contributed by atoms with Crippen LogP contribution in [0.4, 0.5) is 0 Å². The first kappa shape index (κ1) is 26.7. The van der Waals surface area contributed by atoms with Gasteiger partial charge in [-0.15, -0.1) is 0 Å². The maximum atomic E-state index is 11.3. The summed E-state index contributed by atoms with van der Waals surface area (Å²) in [7, 11) is 1.64. The van der Waals surface area contributed by atoms with Crippen molar-refractivity contribution in [2.45, 2.75) is 93.5 Å². The Hall–Kier alpha value is -0.900. The van der Waals surface area contributed by atoms with E-state index in [1.807, 2.05) is 13.0 Å². The van der Waals surface area contributed by atoms with Gasteiger partial charge in [-0.3, -0.25) is 0 Å². The summed E-state index contributed by atoms with van der Waals surface area (Å²) >= 11 is 0. The Bertz CT molecular complexity index is 669. The van der Waals surface area contributed by atoms with Gasteiger partial charge in [-0.05, 0) is 39.4 Å². The molecule has 1 saturated carbocycles. The number of hydrogen-bond donors (Lipinski definition) is 8. The molecule has 12 heteroatoms. The smallest absolute Gasteiger partial charge is 0.215 e. The molecule has 192 valence electrons. The summed E-state index contributed by atoms with van der Waals surface area (Å²) in [5.74, 6) is 0.572. The largest absolute Gasteiger partial charge is 0.467 e. The van der Waals surface area contributed by atoms with Gasteiger partial charge in [0.25, 0.3) is 0 Å². The average Bonchev–Trinajstić information content (AvgIpc) is 2.76. The Morgan fingerprint density at radius 3 is 2.48 bits per heavy atom. The van der Waals surface area contributed by atoms with Crippen LogP contribution in [-0.2, 0) is 18.9 Å². The highest BCUT2D eigenvalue weighted by Crippen LogP contribution is 2.31. The van der Waals surface area contributed by atoms with Gasteiger partial charge in [0.15, 0.2) is 6.29 Å². The summed E-state index contributed by atoms with van der Waals surface area (Å²) < 4.78 is 23.6. The highest BCUT2D eigenvalue weighted by molar-refractivity contribution is 5.05. The molecule has 3 aliphatic rings. The third kappa shape index (κ3) is 5.85. The van der Waals surface area contributed by atoms with E-state index in [2.05, 4.69) is 10.6 Å². The van der Waals surface area contributed by atoms with Crippen molar-refractivity contribution in [1.29, 1.82) is 0 Å². The fourth-order valence-electron chi connectivity index (χ4n) is 4.86. The van der Waals surface area contributed by atoms with E-state index >= 15 is 0 Å². The van der Waals surface area contributed by atoms with Crippen LogP contribution in [0.2, 0.25) is 0 Å². The second-order valence-corrected chi connectivity index (χ2v) is 9.31. The van der Waals surface area contributed by atoms with E-state index in [0.29, 0.717) is 25.1 Å². The molecule has 1 aliphatic carbocycles. The lowest BCUT2D eigenvalue weighted by Crippen LogP contribution is -2.69. The SMILES string of the molecule is CCN[C@@H]1C[C@H](N)[C@@H](O[C@@H]2OC(CN)=CC[C@@H]2N)[C@H](O)[C@H]1O[C@@H]1OC[C@](C)(O)[C@H](NC)[C@H]1O. The third-order valence-electron chi connectivity index (χ3n) is 6.64. The Balaban J connectivity index is 1.75. The number of nitrogens with one attached hydrogen (secondary N) is 2. The molecular formula is C21H41N5O7. The molecule has 2 aliphatic heterocycles. The Morgan fingerprint density at radius 1 is 1.15 bits per heavy atom. The lowest BCUT2D eigenvalue weighted by atomic mass is 9.83. The minimum atomic E-state index is -1.28. The normalized spacial score (nSPS) is 46.5. The molecule has 12 nitrogen and oxygen atoms in total. The standard InChI is InChI=1S/C21H41N5O7/c1-4-26-13-7-12(24)16(32-19-11(23)6-5-10(8-22)31-19)14(27)17(13)33-20-15(28)18(25-3)21(2,29)9-30-20/h5,11-20,25-29H,4,6-9,22-24H2,1-3H3/t11-,12-,13+,14-,15+,16+,17-,18+,19-,20-,21-/m0/s1. The van der Waals surface area contributed by atoms with E-state index in [1.54, 1.807) is 14.0 Å². The van der Waals surface area contributed by atoms with E-state index in [1.165, 1.54) is 0 Å². The fraction of sp³-hybridized carbons (Fsp3) is 0.905. The zero-order chi connectivity index (χ0) is 24.3. The second kappa shape index (κ2) is 11.2. The number of nitrogens with two attached hydrogens (primary N) is 3. The number of rotatable bonds is 8. The van der Waals surface area contributed by atoms with Gasteiger partial charge in [-0.2, -0.15) is 0 Å². The predicted molar refractivity (Wildman–Crippen MR) is 120 cm³/mol. The third-order valence-corrected chi connectivity index (χ3v) is 6.64. The van der Waals surface area contributed by atoms with E-state index in [0.717, 1.165) is 0 Å². The summed E-state index contributed by atoms with van der Waals surface area (Å²) in [4.78, 5) is 0. The van der Waals surface area contributed by atoms with Crippen LogP contribution in [0.5, 0.6) is 0 Å². The number of aliphatic hydroxyl groups is 3. The summed E-state index contributed by atoms with van der Waals surface area (Å²) in [5.41, 5.74) is 16.9. The molecule has 0 aromatic rings. The minimum absolute atomic E-state index is 0.0483. The number of aliphatic hydroxyl groups excluding tert-OH is 2. The van der Waals surface area contributed by atoms with Crippen molar-refractivity contribution in [2.75, 3.05) is 26.7 Å². The van der Waals surface area contributed by atoms with Crippen LogP contribution in [-0.4, -0.2) is 109 Å². The molecule has 1 saturated heterocycles. The summed E-state index contributed by atoms with van der Waals surface area (Å²) in [5, 5.41) is 38.8. The number of ether oxygens (including phenoxy) is 4. The quantitative estimate of drug-likeness (QED) is 0.175. The van der Waals surface area contributed by atoms with E-state index in [-0.39, 0.29) is 19.2 Å². The van der Waals surface area contributed by atoms with Gasteiger partial charge in [-0.1, -0.05) is 6.92 Å². The van der Waals surface area contributed by atoms with Gasteiger partial charge >= 0.3 is 0 Å². The van der Waals surface area contributed by atoms with Gasteiger partial charge < -0.3 is 62.1 Å². The number of likely N-dealkylation sites (N-methyl/N-ethyl adjacent to an activating group) is 2. The Morgan fingerprint density at radius 2 is 1.85 bits per heavy atom. The van der Waals surface area contributed by atoms with E-state index < -0.39 is 60.7 Å².